The topological polar surface area (TPSA) is 90.3 Å². The van der Waals surface area contributed by atoms with Crippen LogP contribution in [0.4, 0.5) is 5.69 Å². The number of anilines is 1. The summed E-state index contributed by atoms with van der Waals surface area (Å²) in [7, 11) is 0. The number of rotatable bonds is 7. The van der Waals surface area contributed by atoms with Gasteiger partial charge in [-0.1, -0.05) is 53.6 Å². The molecular formula is C30H29N3O4. The Morgan fingerprint density at radius 2 is 1.46 bits per heavy atom. The zero-order valence-electron chi connectivity index (χ0n) is 21.6. The van der Waals surface area contributed by atoms with Crippen molar-refractivity contribution in [3.8, 4) is 5.69 Å². The van der Waals surface area contributed by atoms with Crippen LogP contribution in [-0.4, -0.2) is 34.0 Å². The second-order valence-corrected chi connectivity index (χ2v) is 9.11. The van der Waals surface area contributed by atoms with E-state index in [1.165, 1.54) is 6.07 Å². The lowest BCUT2D eigenvalue weighted by atomic mass is 9.94. The maximum absolute atomic E-state index is 13.2. The molecule has 0 radical (unpaired) electrons. The number of hydrogen-bond donors (Lipinski definition) is 1. The highest BCUT2D eigenvalue weighted by Gasteiger charge is 2.22. The number of carbonyl (C=O) groups is 3. The van der Waals surface area contributed by atoms with E-state index in [-0.39, 0.29) is 16.9 Å². The smallest absolute Gasteiger partial charge is 0.339 e. The number of ether oxygens (including phenoxy) is 1. The van der Waals surface area contributed by atoms with Gasteiger partial charge in [-0.25, -0.2) is 9.48 Å². The first-order valence-electron chi connectivity index (χ1n) is 12.0. The lowest BCUT2D eigenvalue weighted by molar-refractivity contribution is -0.119. The number of benzene rings is 3. The summed E-state index contributed by atoms with van der Waals surface area (Å²) in [6.07, 6.45) is 0. The van der Waals surface area contributed by atoms with Gasteiger partial charge in [-0.15, -0.1) is 0 Å². The van der Waals surface area contributed by atoms with Gasteiger partial charge in [-0.2, -0.15) is 5.10 Å². The third-order valence-electron chi connectivity index (χ3n) is 6.20. The first kappa shape index (κ1) is 25.6. The fraction of sp³-hybridized carbons (Fsp3) is 0.200. The van der Waals surface area contributed by atoms with Gasteiger partial charge in [0.1, 0.15) is 0 Å². The minimum Gasteiger partial charge on any atom is -0.452 e. The normalized spacial score (nSPS) is 10.7. The van der Waals surface area contributed by atoms with Crippen molar-refractivity contribution in [2.24, 2.45) is 0 Å². The van der Waals surface area contributed by atoms with Gasteiger partial charge in [0.2, 0.25) is 0 Å². The Labute approximate surface area is 216 Å². The Morgan fingerprint density at radius 3 is 2.16 bits per heavy atom. The van der Waals surface area contributed by atoms with Crippen molar-refractivity contribution in [2.45, 2.75) is 34.6 Å². The van der Waals surface area contributed by atoms with Gasteiger partial charge in [0, 0.05) is 11.1 Å². The van der Waals surface area contributed by atoms with Crippen LogP contribution in [0.15, 0.2) is 66.7 Å². The molecule has 0 aliphatic rings. The SMILES string of the molecule is Cc1ccc(-n2nc(C)c(NC(=O)COC(=O)c3ccccc3C(=O)c3cc(C)ccc3C)c2C)cc1. The summed E-state index contributed by atoms with van der Waals surface area (Å²) >= 11 is 0. The quantitative estimate of drug-likeness (QED) is 0.272. The molecule has 1 N–H and O–H groups in total. The standard InChI is InChI=1S/C30H29N3O4/c1-18-11-14-23(15-12-18)33-22(5)28(21(4)32-33)31-27(34)17-37-30(36)25-9-7-6-8-24(25)29(35)26-16-19(2)10-13-20(26)3/h6-16H,17H2,1-5H3,(H,31,34). The molecule has 0 fully saturated rings. The van der Waals surface area contributed by atoms with Crippen LogP contribution in [0.2, 0.25) is 0 Å². The zero-order chi connectivity index (χ0) is 26.7. The van der Waals surface area contributed by atoms with E-state index in [4.69, 9.17) is 4.74 Å². The second-order valence-electron chi connectivity index (χ2n) is 9.11. The van der Waals surface area contributed by atoms with Gasteiger partial charge in [0.05, 0.1) is 28.3 Å². The predicted molar refractivity (Wildman–Crippen MR) is 142 cm³/mol. The number of esters is 1. The van der Waals surface area contributed by atoms with Gasteiger partial charge in [0.25, 0.3) is 5.91 Å². The van der Waals surface area contributed by atoms with Crippen molar-refractivity contribution in [1.82, 2.24) is 9.78 Å². The molecule has 1 heterocycles. The first-order chi connectivity index (χ1) is 17.7. The summed E-state index contributed by atoms with van der Waals surface area (Å²) in [5, 5.41) is 7.33. The van der Waals surface area contributed by atoms with E-state index in [2.05, 4.69) is 10.4 Å². The van der Waals surface area contributed by atoms with Crippen LogP contribution in [-0.2, 0) is 9.53 Å². The molecule has 0 spiro atoms. The molecule has 7 nitrogen and oxygen atoms in total. The number of aryl methyl sites for hydroxylation is 4. The van der Waals surface area contributed by atoms with E-state index in [0.29, 0.717) is 16.9 Å². The molecule has 1 aromatic heterocycles. The Morgan fingerprint density at radius 1 is 0.811 bits per heavy atom. The average molecular weight is 496 g/mol. The summed E-state index contributed by atoms with van der Waals surface area (Å²) in [4.78, 5) is 38.8. The molecule has 4 rings (SSSR count). The molecule has 0 unspecified atom stereocenters. The van der Waals surface area contributed by atoms with E-state index in [1.807, 2.05) is 64.1 Å². The molecule has 1 amide bonds. The fourth-order valence-electron chi connectivity index (χ4n) is 4.13. The molecule has 4 aromatic rings. The van der Waals surface area contributed by atoms with Crippen molar-refractivity contribution >= 4 is 23.3 Å². The molecular weight excluding hydrogens is 466 g/mol. The highest BCUT2D eigenvalue weighted by molar-refractivity contribution is 6.15. The maximum atomic E-state index is 13.2. The van der Waals surface area contributed by atoms with Crippen LogP contribution >= 0.6 is 0 Å². The van der Waals surface area contributed by atoms with Crippen molar-refractivity contribution in [3.63, 3.8) is 0 Å². The van der Waals surface area contributed by atoms with Gasteiger partial charge in [-0.3, -0.25) is 9.59 Å². The van der Waals surface area contributed by atoms with Gasteiger partial charge < -0.3 is 10.1 Å². The summed E-state index contributed by atoms with van der Waals surface area (Å²) in [6.45, 7) is 8.92. The summed E-state index contributed by atoms with van der Waals surface area (Å²) in [5.41, 5.74) is 6.60. The monoisotopic (exact) mass is 495 g/mol. The number of amides is 1. The van der Waals surface area contributed by atoms with Gasteiger partial charge in [-0.05, 0) is 64.4 Å². The number of nitrogens with zero attached hydrogens (tertiary/aromatic N) is 2. The third-order valence-corrected chi connectivity index (χ3v) is 6.20. The number of ketones is 1. The number of aromatic nitrogens is 2. The van der Waals surface area contributed by atoms with Crippen molar-refractivity contribution in [3.05, 3.63) is 111 Å². The minimum atomic E-state index is -0.742. The highest BCUT2D eigenvalue weighted by atomic mass is 16.5. The second kappa shape index (κ2) is 10.6. The van der Waals surface area contributed by atoms with Crippen LogP contribution in [0.5, 0.6) is 0 Å². The lowest BCUT2D eigenvalue weighted by Crippen LogP contribution is -2.22. The molecule has 0 saturated carbocycles. The Kier molecular flexibility index (Phi) is 7.34. The summed E-state index contributed by atoms with van der Waals surface area (Å²) < 4.78 is 7.05. The Bertz CT molecular complexity index is 1500. The van der Waals surface area contributed by atoms with Crippen LogP contribution in [0, 0.1) is 34.6 Å². The van der Waals surface area contributed by atoms with Crippen molar-refractivity contribution in [1.29, 1.82) is 0 Å². The van der Waals surface area contributed by atoms with E-state index in [9.17, 15) is 14.4 Å². The van der Waals surface area contributed by atoms with Gasteiger partial charge >= 0.3 is 5.97 Å². The Balaban J connectivity index is 1.47. The molecule has 3 aromatic carbocycles. The molecule has 37 heavy (non-hydrogen) atoms. The maximum Gasteiger partial charge on any atom is 0.339 e. The molecule has 0 bridgehead atoms. The number of carbonyl (C=O) groups excluding carboxylic acids is 3. The van der Waals surface area contributed by atoms with Crippen molar-refractivity contribution < 1.29 is 19.1 Å². The molecule has 0 saturated heterocycles. The molecule has 0 aliphatic heterocycles. The molecule has 188 valence electrons. The Hall–Kier alpha value is -4.52. The first-order valence-corrected chi connectivity index (χ1v) is 12.0. The van der Waals surface area contributed by atoms with Gasteiger partial charge in [0.15, 0.2) is 12.4 Å². The van der Waals surface area contributed by atoms with E-state index >= 15 is 0 Å². The zero-order valence-corrected chi connectivity index (χ0v) is 21.6. The van der Waals surface area contributed by atoms with Crippen LogP contribution in [0.3, 0.4) is 0 Å². The van der Waals surface area contributed by atoms with Crippen molar-refractivity contribution in [2.75, 3.05) is 11.9 Å². The van der Waals surface area contributed by atoms with E-state index in [0.717, 1.165) is 28.1 Å². The molecule has 7 heteroatoms. The fourth-order valence-corrected chi connectivity index (χ4v) is 4.13. The molecule has 0 atom stereocenters. The summed E-state index contributed by atoms with van der Waals surface area (Å²) in [5.74, 6) is -1.51. The summed E-state index contributed by atoms with van der Waals surface area (Å²) in [6, 6.07) is 20.0. The highest BCUT2D eigenvalue weighted by Crippen LogP contribution is 2.23. The molecule has 0 aliphatic carbocycles. The largest absolute Gasteiger partial charge is 0.452 e. The number of nitrogens with one attached hydrogen (secondary N) is 1. The third kappa shape index (κ3) is 5.51. The lowest BCUT2D eigenvalue weighted by Gasteiger charge is -2.11. The van der Waals surface area contributed by atoms with E-state index in [1.54, 1.807) is 35.9 Å². The predicted octanol–water partition coefficient (Wildman–Crippen LogP) is 5.44. The average Bonchev–Trinajstić information content (AvgIpc) is 3.17. The van der Waals surface area contributed by atoms with Crippen LogP contribution in [0.1, 0.15) is 54.4 Å². The van der Waals surface area contributed by atoms with Crippen LogP contribution in [0.25, 0.3) is 5.69 Å². The van der Waals surface area contributed by atoms with Crippen LogP contribution < -0.4 is 5.32 Å². The van der Waals surface area contributed by atoms with E-state index < -0.39 is 18.5 Å². The minimum absolute atomic E-state index is 0.112. The number of hydrogen-bond acceptors (Lipinski definition) is 5.